The van der Waals surface area contributed by atoms with Gasteiger partial charge in [-0.05, 0) is 23.5 Å². The van der Waals surface area contributed by atoms with Crippen LogP contribution in [-0.2, 0) is 0 Å². The lowest BCUT2D eigenvalue weighted by molar-refractivity contribution is 0.786. The Labute approximate surface area is 95.9 Å². The maximum atomic E-state index is 3.71. The number of hydrogen-bond acceptors (Lipinski definition) is 0. The lowest BCUT2D eigenvalue weighted by Crippen LogP contribution is -1.91. The minimum Gasteiger partial charge on any atom is -0.0839 e. The summed E-state index contributed by atoms with van der Waals surface area (Å²) in [6.07, 6.45) is 2.43. The van der Waals surface area contributed by atoms with Crippen molar-refractivity contribution in [3.05, 3.63) is 35.4 Å². The Morgan fingerprint density at radius 1 is 1.07 bits per heavy atom. The van der Waals surface area contributed by atoms with Crippen molar-refractivity contribution in [1.29, 1.82) is 0 Å². The summed E-state index contributed by atoms with van der Waals surface area (Å²) in [6, 6.07) is 8.96. The van der Waals surface area contributed by atoms with Crippen molar-refractivity contribution >= 4 is 15.9 Å². The second-order valence-electron chi connectivity index (χ2n) is 4.08. The molecular weight excluding hydrogens is 236 g/mol. The van der Waals surface area contributed by atoms with Crippen LogP contribution in [-0.4, -0.2) is 0 Å². The van der Waals surface area contributed by atoms with Crippen molar-refractivity contribution in [2.75, 3.05) is 0 Å². The molecule has 0 heterocycles. The van der Waals surface area contributed by atoms with E-state index in [4.69, 9.17) is 0 Å². The van der Waals surface area contributed by atoms with Crippen LogP contribution in [0.1, 0.15) is 55.5 Å². The van der Waals surface area contributed by atoms with Crippen LogP contribution in [0, 0.1) is 0 Å². The average Bonchev–Trinajstić information content (AvgIpc) is 2.18. The van der Waals surface area contributed by atoms with Crippen LogP contribution in [0.25, 0.3) is 0 Å². The summed E-state index contributed by atoms with van der Waals surface area (Å²) in [5.74, 6) is 0.629. The van der Waals surface area contributed by atoms with Crippen LogP contribution in [0.3, 0.4) is 0 Å². The summed E-state index contributed by atoms with van der Waals surface area (Å²) in [7, 11) is 0. The monoisotopic (exact) mass is 254 g/mol. The molecule has 1 aromatic carbocycles. The third kappa shape index (κ3) is 3.13. The number of rotatable bonds is 4. The molecule has 0 aliphatic rings. The normalized spacial score (nSPS) is 13.2. The quantitative estimate of drug-likeness (QED) is 0.661. The minimum absolute atomic E-state index is 0.522. The molecule has 0 saturated heterocycles. The van der Waals surface area contributed by atoms with Gasteiger partial charge in [-0.25, -0.2) is 0 Å². The van der Waals surface area contributed by atoms with E-state index in [-0.39, 0.29) is 0 Å². The SMILES string of the molecule is CCCC(Br)c1ccc(C(C)C)cc1. The average molecular weight is 255 g/mol. The number of halogens is 1. The molecule has 0 aliphatic carbocycles. The molecular formula is C13H19Br. The van der Waals surface area contributed by atoms with Crippen molar-refractivity contribution in [2.24, 2.45) is 0 Å². The molecule has 1 unspecified atom stereocenters. The van der Waals surface area contributed by atoms with Crippen molar-refractivity contribution in [3.63, 3.8) is 0 Å². The van der Waals surface area contributed by atoms with E-state index in [2.05, 4.69) is 61.0 Å². The largest absolute Gasteiger partial charge is 0.0839 e. The first-order valence-corrected chi connectivity index (χ1v) is 6.30. The molecule has 0 aromatic heterocycles. The molecule has 0 amide bonds. The summed E-state index contributed by atoms with van der Waals surface area (Å²) in [4.78, 5) is 0.522. The van der Waals surface area contributed by atoms with Gasteiger partial charge in [0.05, 0.1) is 0 Å². The van der Waals surface area contributed by atoms with E-state index in [9.17, 15) is 0 Å². The van der Waals surface area contributed by atoms with Crippen LogP contribution in [0.15, 0.2) is 24.3 Å². The predicted molar refractivity (Wildman–Crippen MR) is 67.1 cm³/mol. The van der Waals surface area contributed by atoms with Crippen molar-refractivity contribution in [2.45, 2.75) is 44.4 Å². The summed E-state index contributed by atoms with van der Waals surface area (Å²) in [6.45, 7) is 6.68. The predicted octanol–water partition coefficient (Wildman–Crippen LogP) is 5.05. The van der Waals surface area contributed by atoms with Crippen LogP contribution in [0.2, 0.25) is 0 Å². The lowest BCUT2D eigenvalue weighted by Gasteiger charge is -2.11. The molecule has 0 saturated carbocycles. The highest BCUT2D eigenvalue weighted by atomic mass is 79.9. The number of hydrogen-bond donors (Lipinski definition) is 0. The second-order valence-corrected chi connectivity index (χ2v) is 5.18. The highest BCUT2D eigenvalue weighted by Crippen LogP contribution is 2.28. The molecule has 0 bridgehead atoms. The van der Waals surface area contributed by atoms with Crippen LogP contribution < -0.4 is 0 Å². The van der Waals surface area contributed by atoms with E-state index in [1.54, 1.807) is 0 Å². The first kappa shape index (κ1) is 11.8. The standard InChI is InChI=1S/C13H19Br/c1-4-5-13(14)12-8-6-11(7-9-12)10(2)3/h6-10,13H,4-5H2,1-3H3. The van der Waals surface area contributed by atoms with Gasteiger partial charge in [-0.1, -0.05) is 67.4 Å². The fourth-order valence-electron chi connectivity index (χ4n) is 1.51. The van der Waals surface area contributed by atoms with Gasteiger partial charge in [0.2, 0.25) is 0 Å². The summed E-state index contributed by atoms with van der Waals surface area (Å²) < 4.78 is 0. The van der Waals surface area contributed by atoms with Crippen LogP contribution in [0.4, 0.5) is 0 Å². The zero-order valence-corrected chi connectivity index (χ0v) is 10.8. The molecule has 0 spiro atoms. The summed E-state index contributed by atoms with van der Waals surface area (Å²) in [5.41, 5.74) is 2.82. The molecule has 0 radical (unpaired) electrons. The molecule has 1 rings (SSSR count). The Hall–Kier alpha value is -0.300. The molecule has 1 aromatic rings. The Balaban J connectivity index is 2.72. The molecule has 1 heteroatoms. The van der Waals surface area contributed by atoms with Gasteiger partial charge in [0.25, 0.3) is 0 Å². The molecule has 0 fully saturated rings. The topological polar surface area (TPSA) is 0 Å². The van der Waals surface area contributed by atoms with Crippen molar-refractivity contribution in [1.82, 2.24) is 0 Å². The fraction of sp³-hybridized carbons (Fsp3) is 0.538. The van der Waals surface area contributed by atoms with Gasteiger partial charge in [0.15, 0.2) is 0 Å². The third-order valence-electron chi connectivity index (χ3n) is 2.51. The van der Waals surface area contributed by atoms with E-state index in [1.807, 2.05) is 0 Å². The minimum atomic E-state index is 0.522. The summed E-state index contributed by atoms with van der Waals surface area (Å²) in [5, 5.41) is 0. The number of benzene rings is 1. The van der Waals surface area contributed by atoms with Gasteiger partial charge in [-0.3, -0.25) is 0 Å². The molecule has 0 aliphatic heterocycles. The molecule has 0 N–H and O–H groups in total. The molecule has 78 valence electrons. The van der Waals surface area contributed by atoms with Crippen LogP contribution >= 0.6 is 15.9 Å². The zero-order valence-electron chi connectivity index (χ0n) is 9.26. The second kappa shape index (κ2) is 5.55. The van der Waals surface area contributed by atoms with E-state index in [0.717, 1.165) is 0 Å². The molecule has 14 heavy (non-hydrogen) atoms. The first-order valence-electron chi connectivity index (χ1n) is 5.39. The maximum absolute atomic E-state index is 3.71. The van der Waals surface area contributed by atoms with E-state index >= 15 is 0 Å². The smallest absolute Gasteiger partial charge is 0.0395 e. The van der Waals surface area contributed by atoms with Crippen molar-refractivity contribution in [3.8, 4) is 0 Å². The summed E-state index contributed by atoms with van der Waals surface area (Å²) >= 11 is 3.71. The Bertz CT molecular complexity index is 261. The van der Waals surface area contributed by atoms with Gasteiger partial charge in [0.1, 0.15) is 0 Å². The van der Waals surface area contributed by atoms with Gasteiger partial charge in [-0.15, -0.1) is 0 Å². The van der Waals surface area contributed by atoms with E-state index in [1.165, 1.54) is 24.0 Å². The molecule has 1 atom stereocenters. The van der Waals surface area contributed by atoms with Gasteiger partial charge < -0.3 is 0 Å². The maximum Gasteiger partial charge on any atom is 0.0395 e. The number of alkyl halides is 1. The van der Waals surface area contributed by atoms with Gasteiger partial charge in [0, 0.05) is 4.83 Å². The Morgan fingerprint density at radius 3 is 2.00 bits per heavy atom. The van der Waals surface area contributed by atoms with E-state index in [0.29, 0.717) is 10.7 Å². The van der Waals surface area contributed by atoms with Gasteiger partial charge in [-0.2, -0.15) is 0 Å². The third-order valence-corrected chi connectivity index (χ3v) is 3.49. The molecule has 0 nitrogen and oxygen atoms in total. The lowest BCUT2D eigenvalue weighted by atomic mass is 10.00. The Morgan fingerprint density at radius 2 is 1.57 bits per heavy atom. The van der Waals surface area contributed by atoms with Crippen LogP contribution in [0.5, 0.6) is 0 Å². The van der Waals surface area contributed by atoms with Crippen molar-refractivity contribution < 1.29 is 0 Å². The fourth-order valence-corrected chi connectivity index (χ4v) is 2.27. The highest BCUT2D eigenvalue weighted by molar-refractivity contribution is 9.09. The Kier molecular flexibility index (Phi) is 4.67. The van der Waals surface area contributed by atoms with E-state index < -0.39 is 0 Å². The zero-order chi connectivity index (χ0) is 10.6. The first-order chi connectivity index (χ1) is 6.65. The van der Waals surface area contributed by atoms with Gasteiger partial charge >= 0.3 is 0 Å². The highest BCUT2D eigenvalue weighted by Gasteiger charge is 2.06.